The van der Waals surface area contributed by atoms with E-state index in [0.29, 0.717) is 17.4 Å². The molecule has 0 saturated carbocycles. The van der Waals surface area contributed by atoms with E-state index in [0.717, 1.165) is 16.9 Å². The van der Waals surface area contributed by atoms with Crippen LogP contribution >= 0.6 is 0 Å². The molecule has 0 amide bonds. The third-order valence-electron chi connectivity index (χ3n) is 3.46. The predicted molar refractivity (Wildman–Crippen MR) is 80.6 cm³/mol. The molecule has 0 aliphatic carbocycles. The van der Waals surface area contributed by atoms with Crippen LogP contribution in [0.5, 0.6) is 0 Å². The lowest BCUT2D eigenvalue weighted by Gasteiger charge is -2.12. The van der Waals surface area contributed by atoms with Crippen LogP contribution in [0.4, 0.5) is 21.5 Å². The molecular weight excluding hydrogens is 253 g/mol. The highest BCUT2D eigenvalue weighted by atomic mass is 19.1. The van der Waals surface area contributed by atoms with Gasteiger partial charge in [0.2, 0.25) is 0 Å². The lowest BCUT2D eigenvalue weighted by atomic mass is 9.99. The third kappa shape index (κ3) is 2.13. The molecule has 0 fully saturated rings. The number of fused-ring (bicyclic) bond motifs is 2. The van der Waals surface area contributed by atoms with Crippen molar-refractivity contribution < 1.29 is 4.39 Å². The van der Waals surface area contributed by atoms with Gasteiger partial charge < -0.3 is 11.1 Å². The number of amidine groups is 1. The summed E-state index contributed by atoms with van der Waals surface area (Å²) < 4.78 is 13.3. The van der Waals surface area contributed by atoms with Crippen molar-refractivity contribution >= 4 is 22.9 Å². The number of rotatable bonds is 1. The Labute approximate surface area is 117 Å². The maximum absolute atomic E-state index is 13.3. The molecule has 3 N–H and O–H groups in total. The van der Waals surface area contributed by atoms with Crippen molar-refractivity contribution in [1.82, 2.24) is 0 Å². The zero-order valence-electron chi connectivity index (χ0n) is 11.4. The van der Waals surface area contributed by atoms with Crippen molar-refractivity contribution in [3.05, 3.63) is 53.3 Å². The molecule has 0 bridgehead atoms. The molecule has 3 rings (SSSR count). The Hall–Kier alpha value is -2.36. The Kier molecular flexibility index (Phi) is 2.93. The Morgan fingerprint density at radius 2 is 1.85 bits per heavy atom. The molecule has 20 heavy (non-hydrogen) atoms. The molecule has 1 heterocycles. The van der Waals surface area contributed by atoms with Crippen LogP contribution in [0.1, 0.15) is 30.9 Å². The van der Waals surface area contributed by atoms with Gasteiger partial charge >= 0.3 is 0 Å². The van der Waals surface area contributed by atoms with E-state index < -0.39 is 0 Å². The topological polar surface area (TPSA) is 50.4 Å². The van der Waals surface area contributed by atoms with Gasteiger partial charge in [-0.25, -0.2) is 9.38 Å². The summed E-state index contributed by atoms with van der Waals surface area (Å²) in [6.45, 7) is 4.26. The molecule has 2 aromatic carbocycles. The van der Waals surface area contributed by atoms with Gasteiger partial charge in [-0.05, 0) is 35.7 Å². The number of halogens is 1. The molecule has 1 aliphatic rings. The van der Waals surface area contributed by atoms with Gasteiger partial charge in [0.05, 0.1) is 11.4 Å². The molecule has 4 heteroatoms. The number of hydrogen-bond donors (Lipinski definition) is 2. The van der Waals surface area contributed by atoms with Crippen molar-refractivity contribution in [2.24, 2.45) is 10.7 Å². The van der Waals surface area contributed by atoms with Gasteiger partial charge in [-0.15, -0.1) is 0 Å². The molecule has 1 aliphatic heterocycles. The zero-order chi connectivity index (χ0) is 14.3. The fraction of sp³-hybridized carbons (Fsp3) is 0.188. The summed E-state index contributed by atoms with van der Waals surface area (Å²) in [7, 11) is 0. The van der Waals surface area contributed by atoms with Gasteiger partial charge in [0.25, 0.3) is 0 Å². The van der Waals surface area contributed by atoms with E-state index in [1.807, 2.05) is 12.1 Å². The van der Waals surface area contributed by atoms with Crippen molar-refractivity contribution in [3.8, 4) is 0 Å². The number of benzene rings is 2. The van der Waals surface area contributed by atoms with E-state index in [1.54, 1.807) is 6.07 Å². The number of hydrogen-bond acceptors (Lipinski definition) is 3. The molecule has 0 radical (unpaired) electrons. The SMILES string of the molecule is CC(C)c1ccc2c(c1)C(N)=Nc1cc(F)ccc1N2. The van der Waals surface area contributed by atoms with Crippen LogP contribution in [-0.4, -0.2) is 5.84 Å². The number of nitrogens with zero attached hydrogens (tertiary/aromatic N) is 1. The van der Waals surface area contributed by atoms with Crippen LogP contribution in [-0.2, 0) is 0 Å². The van der Waals surface area contributed by atoms with Gasteiger partial charge in [0.1, 0.15) is 11.7 Å². The minimum atomic E-state index is -0.323. The first kappa shape index (κ1) is 12.7. The molecule has 2 aromatic rings. The second kappa shape index (κ2) is 4.63. The monoisotopic (exact) mass is 269 g/mol. The Morgan fingerprint density at radius 3 is 2.60 bits per heavy atom. The number of nitrogens with two attached hydrogens (primary N) is 1. The molecular formula is C16H16FN3. The minimum Gasteiger partial charge on any atom is -0.383 e. The van der Waals surface area contributed by atoms with Crippen LogP contribution in [0.3, 0.4) is 0 Å². The molecule has 102 valence electrons. The van der Waals surface area contributed by atoms with E-state index >= 15 is 0 Å². The van der Waals surface area contributed by atoms with Gasteiger partial charge in [-0.1, -0.05) is 19.9 Å². The highest BCUT2D eigenvalue weighted by Gasteiger charge is 2.16. The van der Waals surface area contributed by atoms with Crippen LogP contribution in [0.25, 0.3) is 0 Å². The van der Waals surface area contributed by atoms with Gasteiger partial charge in [0.15, 0.2) is 0 Å². The maximum Gasteiger partial charge on any atom is 0.133 e. The normalized spacial score (nSPS) is 13.1. The summed E-state index contributed by atoms with van der Waals surface area (Å²) in [5.74, 6) is 0.492. The van der Waals surface area contributed by atoms with Crippen LogP contribution in [0, 0.1) is 5.82 Å². The first-order chi connectivity index (χ1) is 9.54. The van der Waals surface area contributed by atoms with E-state index in [4.69, 9.17) is 5.73 Å². The van der Waals surface area contributed by atoms with E-state index in [-0.39, 0.29) is 5.82 Å². The summed E-state index contributed by atoms with van der Waals surface area (Å²) in [5, 5.41) is 3.27. The lowest BCUT2D eigenvalue weighted by Crippen LogP contribution is -2.14. The van der Waals surface area contributed by atoms with Crippen LogP contribution in [0.15, 0.2) is 41.4 Å². The van der Waals surface area contributed by atoms with E-state index in [9.17, 15) is 4.39 Å². The van der Waals surface area contributed by atoms with Crippen LogP contribution in [0.2, 0.25) is 0 Å². The first-order valence-electron chi connectivity index (χ1n) is 6.59. The summed E-state index contributed by atoms with van der Waals surface area (Å²) in [5.41, 5.74) is 10.3. The Bertz CT molecular complexity index is 705. The summed E-state index contributed by atoms with van der Waals surface area (Å²) in [6, 6.07) is 10.6. The minimum absolute atomic E-state index is 0.323. The van der Waals surface area contributed by atoms with Crippen molar-refractivity contribution in [2.75, 3.05) is 5.32 Å². The van der Waals surface area contributed by atoms with E-state index in [2.05, 4.69) is 30.2 Å². The molecule has 0 aromatic heterocycles. The standard InChI is InChI=1S/C16H16FN3/c1-9(2)10-3-5-13-12(7-10)16(18)20-15-8-11(17)4-6-14(15)19-13/h3-9,19H,1-2H3,(H2,18,20). The second-order valence-electron chi connectivity index (χ2n) is 5.24. The van der Waals surface area contributed by atoms with Crippen molar-refractivity contribution in [1.29, 1.82) is 0 Å². The zero-order valence-corrected chi connectivity index (χ0v) is 11.4. The number of aliphatic imine (C=N–C) groups is 1. The van der Waals surface area contributed by atoms with Gasteiger partial charge in [0, 0.05) is 17.3 Å². The van der Waals surface area contributed by atoms with Crippen LogP contribution < -0.4 is 11.1 Å². The molecule has 3 nitrogen and oxygen atoms in total. The van der Waals surface area contributed by atoms with Crippen molar-refractivity contribution in [2.45, 2.75) is 19.8 Å². The smallest absolute Gasteiger partial charge is 0.133 e. The van der Waals surface area contributed by atoms with E-state index in [1.165, 1.54) is 17.7 Å². The Balaban J connectivity index is 2.16. The average molecular weight is 269 g/mol. The lowest BCUT2D eigenvalue weighted by molar-refractivity contribution is 0.628. The summed E-state index contributed by atoms with van der Waals surface area (Å²) in [4.78, 5) is 4.33. The average Bonchev–Trinajstić information content (AvgIpc) is 2.54. The summed E-state index contributed by atoms with van der Waals surface area (Å²) >= 11 is 0. The molecule has 0 unspecified atom stereocenters. The number of nitrogens with one attached hydrogen (secondary N) is 1. The maximum atomic E-state index is 13.3. The molecule has 0 saturated heterocycles. The predicted octanol–water partition coefficient (Wildman–Crippen LogP) is 4.04. The summed E-state index contributed by atoms with van der Waals surface area (Å²) in [6.07, 6.45) is 0. The first-order valence-corrected chi connectivity index (χ1v) is 6.59. The molecule has 0 spiro atoms. The quantitative estimate of drug-likeness (QED) is 0.820. The molecule has 0 atom stereocenters. The third-order valence-corrected chi connectivity index (χ3v) is 3.46. The second-order valence-corrected chi connectivity index (χ2v) is 5.24. The largest absolute Gasteiger partial charge is 0.383 e. The fourth-order valence-corrected chi connectivity index (χ4v) is 2.28. The number of anilines is 2. The highest BCUT2D eigenvalue weighted by Crippen LogP contribution is 2.34. The Morgan fingerprint density at radius 1 is 1.10 bits per heavy atom. The van der Waals surface area contributed by atoms with Gasteiger partial charge in [-0.3, -0.25) is 0 Å². The fourth-order valence-electron chi connectivity index (χ4n) is 2.28. The highest BCUT2D eigenvalue weighted by molar-refractivity contribution is 6.06. The van der Waals surface area contributed by atoms with Gasteiger partial charge in [-0.2, -0.15) is 0 Å². The van der Waals surface area contributed by atoms with Crippen molar-refractivity contribution in [3.63, 3.8) is 0 Å².